The first-order valence-electron chi connectivity index (χ1n) is 13.0. The summed E-state index contributed by atoms with van der Waals surface area (Å²) in [5, 5.41) is 0. The molecule has 7 heteroatoms. The fourth-order valence-electron chi connectivity index (χ4n) is 4.62. The minimum Gasteiger partial charge on any atom is -0.490 e. The zero-order valence-corrected chi connectivity index (χ0v) is 21.2. The molecule has 0 atom stereocenters. The van der Waals surface area contributed by atoms with Crippen LogP contribution >= 0.6 is 0 Å². The second-order valence-electron chi connectivity index (χ2n) is 9.23. The van der Waals surface area contributed by atoms with Crippen LogP contribution in [0.2, 0.25) is 0 Å². The second-order valence-corrected chi connectivity index (χ2v) is 9.23. The van der Waals surface area contributed by atoms with E-state index < -0.39 is 0 Å². The van der Waals surface area contributed by atoms with Crippen molar-refractivity contribution >= 4 is 17.9 Å². The number of piperidine rings is 1. The Bertz CT molecular complexity index is 1030. The highest BCUT2D eigenvalue weighted by Crippen LogP contribution is 2.29. The molecular formula is C29H37N3O4. The summed E-state index contributed by atoms with van der Waals surface area (Å²) in [6.45, 7) is 7.82. The summed E-state index contributed by atoms with van der Waals surface area (Å²) in [7, 11) is 0. The lowest BCUT2D eigenvalue weighted by atomic mass is 10.1. The quantitative estimate of drug-likeness (QED) is 0.532. The molecule has 2 aromatic carbocycles. The van der Waals surface area contributed by atoms with E-state index in [0.29, 0.717) is 36.8 Å². The number of likely N-dealkylation sites (tertiary alicyclic amines) is 1. The van der Waals surface area contributed by atoms with Gasteiger partial charge in [0.1, 0.15) is 0 Å². The molecule has 0 N–H and O–H groups in total. The maximum atomic E-state index is 13.2. The van der Waals surface area contributed by atoms with Gasteiger partial charge in [-0.05, 0) is 49.9 Å². The van der Waals surface area contributed by atoms with Crippen molar-refractivity contribution in [3.8, 4) is 11.5 Å². The van der Waals surface area contributed by atoms with Crippen LogP contribution < -0.4 is 9.47 Å². The third kappa shape index (κ3) is 7.10. The van der Waals surface area contributed by atoms with Crippen LogP contribution in [0.15, 0.2) is 54.6 Å². The van der Waals surface area contributed by atoms with Crippen LogP contribution in [0.4, 0.5) is 0 Å². The van der Waals surface area contributed by atoms with Crippen LogP contribution in [-0.2, 0) is 4.79 Å². The van der Waals surface area contributed by atoms with E-state index in [2.05, 4.69) is 29.2 Å². The van der Waals surface area contributed by atoms with E-state index in [1.54, 1.807) is 18.2 Å². The maximum Gasteiger partial charge on any atom is 0.260 e. The number of rotatable bonds is 9. The lowest BCUT2D eigenvalue weighted by molar-refractivity contribution is -0.134. The van der Waals surface area contributed by atoms with E-state index in [4.69, 9.17) is 9.47 Å². The number of ether oxygens (including phenoxy) is 2. The Balaban J connectivity index is 1.29. The summed E-state index contributed by atoms with van der Waals surface area (Å²) in [6, 6.07) is 15.5. The summed E-state index contributed by atoms with van der Waals surface area (Å²) >= 11 is 0. The molecule has 0 radical (unpaired) electrons. The minimum absolute atomic E-state index is 0.00575. The molecule has 2 fully saturated rings. The number of amides is 2. The van der Waals surface area contributed by atoms with Gasteiger partial charge < -0.3 is 19.3 Å². The van der Waals surface area contributed by atoms with Gasteiger partial charge in [0.2, 0.25) is 0 Å². The average molecular weight is 492 g/mol. The van der Waals surface area contributed by atoms with E-state index in [1.165, 1.54) is 12.0 Å². The van der Waals surface area contributed by atoms with Gasteiger partial charge in [0.15, 0.2) is 18.1 Å². The molecule has 0 aromatic heterocycles. The molecule has 2 heterocycles. The first-order chi connectivity index (χ1) is 17.6. The number of benzene rings is 2. The van der Waals surface area contributed by atoms with E-state index in [9.17, 15) is 9.59 Å². The van der Waals surface area contributed by atoms with Crippen molar-refractivity contribution in [1.82, 2.24) is 14.7 Å². The largest absolute Gasteiger partial charge is 0.490 e. The van der Waals surface area contributed by atoms with Gasteiger partial charge in [0.25, 0.3) is 11.8 Å². The van der Waals surface area contributed by atoms with E-state index in [-0.39, 0.29) is 18.4 Å². The summed E-state index contributed by atoms with van der Waals surface area (Å²) in [5.41, 5.74) is 1.77. The highest BCUT2D eigenvalue weighted by molar-refractivity contribution is 5.95. The molecule has 2 amide bonds. The third-order valence-electron chi connectivity index (χ3n) is 6.68. The number of nitrogens with zero attached hydrogens (tertiary/aromatic N) is 3. The van der Waals surface area contributed by atoms with Crippen molar-refractivity contribution in [2.24, 2.45) is 0 Å². The van der Waals surface area contributed by atoms with Crippen molar-refractivity contribution in [3.63, 3.8) is 0 Å². The molecule has 2 aromatic rings. The first kappa shape index (κ1) is 25.8. The van der Waals surface area contributed by atoms with Gasteiger partial charge in [0, 0.05) is 51.4 Å². The Morgan fingerprint density at radius 2 is 1.58 bits per heavy atom. The number of carbonyl (C=O) groups is 2. The SMILES string of the molecule is CCOc1cc(C(=O)N2CCN(C/C=C/c3ccccc3)CC2)ccc1OCC(=O)N1CCCCC1. The Labute approximate surface area is 214 Å². The minimum atomic E-state index is -0.0198. The monoisotopic (exact) mass is 491 g/mol. The zero-order valence-electron chi connectivity index (χ0n) is 21.2. The highest BCUT2D eigenvalue weighted by Gasteiger charge is 2.23. The summed E-state index contributed by atoms with van der Waals surface area (Å²) in [4.78, 5) is 31.8. The summed E-state index contributed by atoms with van der Waals surface area (Å²) in [5.74, 6) is 0.980. The van der Waals surface area contributed by atoms with Gasteiger partial charge >= 0.3 is 0 Å². The van der Waals surface area contributed by atoms with Crippen molar-refractivity contribution < 1.29 is 19.1 Å². The standard InChI is InChI=1S/C29H37N3O4/c1-2-35-27-22-25(13-14-26(27)36-23-28(33)31-16-7-4-8-17-31)29(34)32-20-18-30(19-21-32)15-9-12-24-10-5-3-6-11-24/h3,5-6,9-14,22H,2,4,7-8,15-21,23H2,1H3/b12-9+. The lowest BCUT2D eigenvalue weighted by Crippen LogP contribution is -2.48. The van der Waals surface area contributed by atoms with Crippen LogP contribution in [0.5, 0.6) is 11.5 Å². The Hall–Kier alpha value is -3.32. The smallest absolute Gasteiger partial charge is 0.260 e. The van der Waals surface area contributed by atoms with Crippen molar-refractivity contribution in [1.29, 1.82) is 0 Å². The number of hydrogen-bond donors (Lipinski definition) is 0. The van der Waals surface area contributed by atoms with Gasteiger partial charge in [-0.2, -0.15) is 0 Å². The number of piperazine rings is 1. The molecule has 192 valence electrons. The van der Waals surface area contributed by atoms with Crippen LogP contribution in [0, 0.1) is 0 Å². The van der Waals surface area contributed by atoms with Crippen molar-refractivity contribution in [2.75, 3.05) is 59.0 Å². The fraction of sp³-hybridized carbons (Fsp3) is 0.448. The van der Waals surface area contributed by atoms with Crippen LogP contribution in [0.1, 0.15) is 42.1 Å². The molecule has 4 rings (SSSR count). The zero-order chi connectivity index (χ0) is 25.2. The molecule has 0 saturated carbocycles. The van der Waals surface area contributed by atoms with Crippen molar-refractivity contribution in [2.45, 2.75) is 26.2 Å². The molecule has 36 heavy (non-hydrogen) atoms. The van der Waals surface area contributed by atoms with Crippen molar-refractivity contribution in [3.05, 3.63) is 65.7 Å². The average Bonchev–Trinajstić information content (AvgIpc) is 2.93. The number of carbonyl (C=O) groups excluding carboxylic acids is 2. The predicted octanol–water partition coefficient (Wildman–Crippen LogP) is 3.95. The number of hydrogen-bond acceptors (Lipinski definition) is 5. The first-order valence-corrected chi connectivity index (χ1v) is 13.0. The molecular weight excluding hydrogens is 454 g/mol. The Morgan fingerprint density at radius 1 is 0.833 bits per heavy atom. The van der Waals surface area contributed by atoms with Crippen LogP contribution in [0.3, 0.4) is 0 Å². The second kappa shape index (κ2) is 13.1. The summed E-state index contributed by atoms with van der Waals surface area (Å²) in [6.07, 6.45) is 7.58. The fourth-order valence-corrected chi connectivity index (χ4v) is 4.62. The molecule has 2 saturated heterocycles. The Morgan fingerprint density at radius 3 is 2.31 bits per heavy atom. The molecule has 0 aliphatic carbocycles. The summed E-state index contributed by atoms with van der Waals surface area (Å²) < 4.78 is 11.6. The normalized spacial score (nSPS) is 16.8. The van der Waals surface area contributed by atoms with Gasteiger partial charge in [-0.25, -0.2) is 0 Å². The third-order valence-corrected chi connectivity index (χ3v) is 6.68. The van der Waals surface area contributed by atoms with Gasteiger partial charge in [0.05, 0.1) is 6.61 Å². The molecule has 2 aliphatic heterocycles. The van der Waals surface area contributed by atoms with Gasteiger partial charge in [-0.3, -0.25) is 14.5 Å². The Kier molecular flexibility index (Phi) is 9.39. The molecule has 0 unspecified atom stereocenters. The van der Waals surface area contributed by atoms with E-state index >= 15 is 0 Å². The molecule has 2 aliphatic rings. The van der Waals surface area contributed by atoms with E-state index in [0.717, 1.165) is 45.6 Å². The molecule has 0 bridgehead atoms. The van der Waals surface area contributed by atoms with Crippen LogP contribution in [0.25, 0.3) is 6.08 Å². The van der Waals surface area contributed by atoms with Gasteiger partial charge in [-0.1, -0.05) is 42.5 Å². The maximum absolute atomic E-state index is 13.2. The highest BCUT2D eigenvalue weighted by atomic mass is 16.5. The van der Waals surface area contributed by atoms with Crippen LogP contribution in [-0.4, -0.2) is 85.5 Å². The van der Waals surface area contributed by atoms with E-state index in [1.807, 2.05) is 34.9 Å². The lowest BCUT2D eigenvalue weighted by Gasteiger charge is -2.34. The van der Waals surface area contributed by atoms with Gasteiger partial charge in [-0.15, -0.1) is 0 Å². The molecule has 7 nitrogen and oxygen atoms in total. The molecule has 0 spiro atoms. The predicted molar refractivity (Wildman–Crippen MR) is 141 cm³/mol. The topological polar surface area (TPSA) is 62.3 Å².